The van der Waals surface area contributed by atoms with E-state index in [4.69, 9.17) is 0 Å². The van der Waals surface area contributed by atoms with E-state index in [1.807, 2.05) is 6.07 Å². The molecule has 2 aromatic carbocycles. The molecule has 1 aliphatic rings. The summed E-state index contributed by atoms with van der Waals surface area (Å²) in [5.74, 6) is 0.345. The lowest BCUT2D eigenvalue weighted by Crippen LogP contribution is -2.46. The third kappa shape index (κ3) is 5.27. The summed E-state index contributed by atoms with van der Waals surface area (Å²) >= 11 is 0. The molecule has 0 spiro atoms. The smallest absolute Gasteiger partial charge is 0.253 e. The molecule has 150 valence electrons. The van der Waals surface area contributed by atoms with E-state index in [9.17, 15) is 17.4 Å². The second-order valence-corrected chi connectivity index (χ2v) is 10.1. The van der Waals surface area contributed by atoms with Crippen LogP contribution in [0.2, 0.25) is 0 Å². The van der Waals surface area contributed by atoms with Gasteiger partial charge < -0.3 is 4.90 Å². The average Bonchev–Trinajstić information content (AvgIpc) is 2.68. The van der Waals surface area contributed by atoms with Crippen LogP contribution in [0.5, 0.6) is 0 Å². The Kier molecular flexibility index (Phi) is 6.64. The van der Waals surface area contributed by atoms with Gasteiger partial charge in [-0.05, 0) is 42.7 Å². The van der Waals surface area contributed by atoms with Crippen molar-refractivity contribution in [2.45, 2.75) is 29.5 Å². The largest absolute Gasteiger partial charge is 0.339 e. The lowest BCUT2D eigenvalue weighted by molar-refractivity contribution is 0.0711. The number of rotatable bonds is 6. The van der Waals surface area contributed by atoms with Crippen molar-refractivity contribution in [2.24, 2.45) is 0 Å². The Labute approximate surface area is 168 Å². The van der Waals surface area contributed by atoms with Crippen LogP contribution in [0.1, 0.15) is 28.8 Å². The maximum absolute atomic E-state index is 12.8. The molecule has 1 atom stereocenters. The van der Waals surface area contributed by atoms with Gasteiger partial charge in [0.05, 0.1) is 4.90 Å². The van der Waals surface area contributed by atoms with Crippen molar-refractivity contribution in [2.75, 3.05) is 19.3 Å². The fraction of sp³-hybridized carbons (Fsp3) is 0.350. The molecule has 1 aliphatic heterocycles. The summed E-state index contributed by atoms with van der Waals surface area (Å²) in [4.78, 5) is 14.8. The minimum atomic E-state index is -3.55. The van der Waals surface area contributed by atoms with Crippen molar-refractivity contribution in [3.63, 3.8) is 0 Å². The molecule has 1 fully saturated rings. The predicted molar refractivity (Wildman–Crippen MR) is 110 cm³/mol. The Morgan fingerprint density at radius 2 is 1.79 bits per heavy atom. The van der Waals surface area contributed by atoms with Gasteiger partial charge in [0.15, 0.2) is 0 Å². The summed E-state index contributed by atoms with van der Waals surface area (Å²) in [6, 6.07) is 15.3. The normalized spacial score (nSPS) is 16.7. The van der Waals surface area contributed by atoms with Gasteiger partial charge in [0.2, 0.25) is 10.0 Å². The molecule has 1 N–H and O–H groups in total. The van der Waals surface area contributed by atoms with Gasteiger partial charge in [-0.2, -0.15) is 0 Å². The Hall–Kier alpha value is -2.03. The number of hydrogen-bond acceptors (Lipinski definition) is 4. The van der Waals surface area contributed by atoms with E-state index in [0.29, 0.717) is 37.2 Å². The zero-order valence-corrected chi connectivity index (χ0v) is 17.3. The molecule has 0 aromatic heterocycles. The summed E-state index contributed by atoms with van der Waals surface area (Å²) in [6.45, 7) is 0.982. The number of nitrogens with one attached hydrogen (secondary N) is 1. The van der Waals surface area contributed by atoms with Gasteiger partial charge in [0, 0.05) is 47.5 Å². The fourth-order valence-electron chi connectivity index (χ4n) is 3.30. The number of piperidine rings is 1. The van der Waals surface area contributed by atoms with Crippen LogP contribution in [-0.2, 0) is 26.6 Å². The molecular weight excluding hydrogens is 396 g/mol. The molecular formula is C20H24N2O4S2. The monoisotopic (exact) mass is 420 g/mol. The summed E-state index contributed by atoms with van der Waals surface area (Å²) in [5.41, 5.74) is 1.45. The molecule has 0 bridgehead atoms. The Bertz CT molecular complexity index is 953. The van der Waals surface area contributed by atoms with Crippen LogP contribution in [0.15, 0.2) is 59.5 Å². The van der Waals surface area contributed by atoms with Gasteiger partial charge in [-0.25, -0.2) is 13.1 Å². The number of carbonyl (C=O) groups is 1. The molecule has 0 aliphatic carbocycles. The molecule has 3 rings (SSSR count). The van der Waals surface area contributed by atoms with Gasteiger partial charge in [-0.15, -0.1) is 0 Å². The highest BCUT2D eigenvalue weighted by molar-refractivity contribution is 7.89. The molecule has 28 heavy (non-hydrogen) atoms. The van der Waals surface area contributed by atoms with E-state index in [1.54, 1.807) is 59.7 Å². The number of nitrogens with zero attached hydrogens (tertiary/aromatic N) is 1. The molecule has 1 amide bonds. The highest BCUT2D eigenvalue weighted by Crippen LogP contribution is 2.18. The zero-order chi connectivity index (χ0) is 20.1. The van der Waals surface area contributed by atoms with E-state index in [-0.39, 0.29) is 16.8 Å². The van der Waals surface area contributed by atoms with Gasteiger partial charge in [-0.1, -0.05) is 30.3 Å². The third-order valence-corrected chi connectivity index (χ3v) is 6.98. The van der Waals surface area contributed by atoms with Crippen LogP contribution in [0.25, 0.3) is 0 Å². The molecule has 6 nitrogen and oxygen atoms in total. The van der Waals surface area contributed by atoms with Crippen LogP contribution in [0.4, 0.5) is 0 Å². The maximum atomic E-state index is 12.8. The van der Waals surface area contributed by atoms with E-state index in [0.717, 1.165) is 5.56 Å². The lowest BCUT2D eigenvalue weighted by atomic mass is 10.0. The Balaban J connectivity index is 1.59. The summed E-state index contributed by atoms with van der Waals surface area (Å²) in [6.07, 6.45) is 2.77. The summed E-state index contributed by atoms with van der Waals surface area (Å²) in [5, 5.41) is 0. The van der Waals surface area contributed by atoms with Crippen LogP contribution in [-0.4, -0.2) is 48.8 Å². The molecule has 0 saturated carbocycles. The summed E-state index contributed by atoms with van der Waals surface area (Å²) in [7, 11) is -4.51. The topological polar surface area (TPSA) is 83.6 Å². The first-order chi connectivity index (χ1) is 13.3. The second-order valence-electron chi connectivity index (χ2n) is 6.92. The van der Waals surface area contributed by atoms with E-state index in [2.05, 4.69) is 4.72 Å². The first-order valence-corrected chi connectivity index (χ1v) is 12.3. The highest BCUT2D eigenvalue weighted by atomic mass is 32.2. The lowest BCUT2D eigenvalue weighted by Gasteiger charge is -2.32. The van der Waals surface area contributed by atoms with Crippen molar-refractivity contribution in [3.8, 4) is 0 Å². The van der Waals surface area contributed by atoms with Crippen LogP contribution in [0, 0.1) is 0 Å². The SMILES string of the molecule is CS(=O)Cc1cccc(C(=O)N2CCC(NS(=O)(=O)c3ccccc3)CC2)c1. The highest BCUT2D eigenvalue weighted by Gasteiger charge is 2.27. The van der Waals surface area contributed by atoms with Gasteiger partial charge in [-0.3, -0.25) is 9.00 Å². The fourth-order valence-corrected chi connectivity index (χ4v) is 5.27. The number of likely N-dealkylation sites (tertiary alicyclic amines) is 1. The Morgan fingerprint density at radius 1 is 1.11 bits per heavy atom. The third-order valence-electron chi connectivity index (χ3n) is 4.70. The van der Waals surface area contributed by atoms with E-state index in [1.165, 1.54) is 0 Å². The molecule has 1 unspecified atom stereocenters. The number of amides is 1. The van der Waals surface area contributed by atoms with Crippen LogP contribution < -0.4 is 4.72 Å². The van der Waals surface area contributed by atoms with E-state index < -0.39 is 20.8 Å². The predicted octanol–water partition coefficient (Wildman–Crippen LogP) is 2.15. The van der Waals surface area contributed by atoms with Crippen molar-refractivity contribution < 1.29 is 17.4 Å². The van der Waals surface area contributed by atoms with Crippen LogP contribution in [0.3, 0.4) is 0 Å². The van der Waals surface area contributed by atoms with Gasteiger partial charge >= 0.3 is 0 Å². The first kappa shape index (κ1) is 20.7. The number of carbonyl (C=O) groups excluding carboxylic acids is 1. The zero-order valence-electron chi connectivity index (χ0n) is 15.7. The minimum absolute atomic E-state index is 0.0758. The molecule has 1 saturated heterocycles. The molecule has 0 radical (unpaired) electrons. The van der Waals surface area contributed by atoms with Gasteiger partial charge in [0.25, 0.3) is 5.91 Å². The molecule has 8 heteroatoms. The number of sulfonamides is 1. The average molecular weight is 421 g/mol. The van der Waals surface area contributed by atoms with Crippen molar-refractivity contribution in [1.29, 1.82) is 0 Å². The number of benzene rings is 2. The first-order valence-electron chi connectivity index (χ1n) is 9.11. The quantitative estimate of drug-likeness (QED) is 0.776. The second kappa shape index (κ2) is 8.98. The van der Waals surface area contributed by atoms with Gasteiger partial charge in [0.1, 0.15) is 0 Å². The van der Waals surface area contributed by atoms with Crippen molar-refractivity contribution >= 4 is 26.7 Å². The van der Waals surface area contributed by atoms with Crippen molar-refractivity contribution in [1.82, 2.24) is 9.62 Å². The van der Waals surface area contributed by atoms with Crippen LogP contribution >= 0.6 is 0 Å². The Morgan fingerprint density at radius 3 is 2.43 bits per heavy atom. The van der Waals surface area contributed by atoms with E-state index >= 15 is 0 Å². The molecule has 1 heterocycles. The molecule has 2 aromatic rings. The standard InChI is InChI=1S/C20H24N2O4S2/c1-27(24)15-16-6-5-7-17(14-16)20(23)22-12-10-18(11-13-22)21-28(25,26)19-8-3-2-4-9-19/h2-9,14,18,21H,10-13,15H2,1H3. The minimum Gasteiger partial charge on any atom is -0.339 e. The van der Waals surface area contributed by atoms with Crippen molar-refractivity contribution in [3.05, 3.63) is 65.7 Å². The summed E-state index contributed by atoms with van der Waals surface area (Å²) < 4.78 is 39.0. The number of hydrogen-bond donors (Lipinski definition) is 1. The maximum Gasteiger partial charge on any atom is 0.253 e.